The van der Waals surface area contributed by atoms with Crippen LogP contribution < -0.4 is 15.0 Å². The first-order valence-electron chi connectivity index (χ1n) is 9.26. The van der Waals surface area contributed by atoms with Crippen molar-refractivity contribution in [1.29, 1.82) is 0 Å². The molecule has 0 aliphatic carbocycles. The third kappa shape index (κ3) is 4.65. The van der Waals surface area contributed by atoms with Gasteiger partial charge in [0.1, 0.15) is 5.75 Å². The van der Waals surface area contributed by atoms with Gasteiger partial charge < -0.3 is 19.7 Å². The van der Waals surface area contributed by atoms with Crippen LogP contribution in [0.2, 0.25) is 0 Å². The Kier molecular flexibility index (Phi) is 6.68. The van der Waals surface area contributed by atoms with Gasteiger partial charge in [-0.3, -0.25) is 4.79 Å². The fraction of sp³-hybridized carbons (Fsp3) is 0.579. The van der Waals surface area contributed by atoms with Crippen LogP contribution in [0, 0.1) is 5.92 Å². The van der Waals surface area contributed by atoms with E-state index in [1.54, 1.807) is 18.4 Å². The number of ether oxygens (including phenoxy) is 2. The number of hydrogen-bond donors (Lipinski definition) is 1. The highest BCUT2D eigenvalue weighted by Crippen LogP contribution is 2.33. The second-order valence-electron chi connectivity index (χ2n) is 6.48. The predicted octanol–water partition coefficient (Wildman–Crippen LogP) is 3.06. The van der Waals surface area contributed by atoms with Crippen molar-refractivity contribution in [2.24, 2.45) is 5.92 Å². The molecule has 1 aliphatic heterocycles. The molecular formula is C19H27N3O3S. The zero-order valence-corrected chi connectivity index (χ0v) is 16.3. The van der Waals surface area contributed by atoms with Crippen molar-refractivity contribution >= 4 is 32.6 Å². The fourth-order valence-corrected chi connectivity index (χ4v) is 4.25. The molecule has 1 N–H and O–H groups in total. The zero-order chi connectivity index (χ0) is 18.4. The molecule has 2 heterocycles. The molecule has 7 heteroatoms. The lowest BCUT2D eigenvalue weighted by molar-refractivity contribution is -0.125. The molecule has 1 aliphatic rings. The van der Waals surface area contributed by atoms with Crippen molar-refractivity contribution < 1.29 is 14.3 Å². The third-order valence-corrected chi connectivity index (χ3v) is 5.63. The molecule has 1 fully saturated rings. The van der Waals surface area contributed by atoms with E-state index in [2.05, 4.69) is 10.2 Å². The van der Waals surface area contributed by atoms with E-state index in [1.807, 2.05) is 25.1 Å². The van der Waals surface area contributed by atoms with Crippen LogP contribution in [0.4, 0.5) is 5.13 Å². The molecule has 0 spiro atoms. The van der Waals surface area contributed by atoms with Gasteiger partial charge in [0.05, 0.1) is 22.7 Å². The summed E-state index contributed by atoms with van der Waals surface area (Å²) >= 11 is 1.67. The molecule has 1 unspecified atom stereocenters. The average Bonchev–Trinajstić information content (AvgIpc) is 3.09. The number of aromatic nitrogens is 1. The van der Waals surface area contributed by atoms with E-state index in [0.29, 0.717) is 19.8 Å². The largest absolute Gasteiger partial charge is 0.494 e. The first kappa shape index (κ1) is 18.9. The Morgan fingerprint density at radius 1 is 1.46 bits per heavy atom. The maximum atomic E-state index is 12.4. The topological polar surface area (TPSA) is 63.7 Å². The summed E-state index contributed by atoms with van der Waals surface area (Å²) in [7, 11) is 1.68. The van der Waals surface area contributed by atoms with Gasteiger partial charge in [-0.05, 0) is 44.4 Å². The normalized spacial score (nSPS) is 17.5. The molecule has 1 amide bonds. The molecule has 0 radical (unpaired) electrons. The number of rotatable bonds is 8. The summed E-state index contributed by atoms with van der Waals surface area (Å²) in [6, 6.07) is 6.01. The Morgan fingerprint density at radius 3 is 3.15 bits per heavy atom. The molecule has 1 atom stereocenters. The van der Waals surface area contributed by atoms with Gasteiger partial charge in [0.25, 0.3) is 0 Å². The zero-order valence-electron chi connectivity index (χ0n) is 15.5. The highest BCUT2D eigenvalue weighted by atomic mass is 32.1. The molecule has 3 rings (SSSR count). The van der Waals surface area contributed by atoms with Gasteiger partial charge in [-0.15, -0.1) is 0 Å². The van der Waals surface area contributed by atoms with Crippen LogP contribution in [-0.4, -0.2) is 50.8 Å². The number of anilines is 1. The van der Waals surface area contributed by atoms with Gasteiger partial charge in [-0.25, -0.2) is 4.98 Å². The second kappa shape index (κ2) is 9.19. The number of hydrogen-bond acceptors (Lipinski definition) is 6. The van der Waals surface area contributed by atoms with E-state index in [4.69, 9.17) is 14.5 Å². The summed E-state index contributed by atoms with van der Waals surface area (Å²) in [5.74, 6) is 1.05. The van der Waals surface area contributed by atoms with Crippen LogP contribution >= 0.6 is 11.3 Å². The van der Waals surface area contributed by atoms with Gasteiger partial charge in [0, 0.05) is 33.4 Å². The Balaban J connectivity index is 1.63. The number of fused-ring (bicyclic) bond motifs is 1. The lowest BCUT2D eigenvalue weighted by Crippen LogP contribution is -2.43. The van der Waals surface area contributed by atoms with Crippen molar-refractivity contribution in [1.82, 2.24) is 10.3 Å². The first-order valence-corrected chi connectivity index (χ1v) is 10.1. The molecule has 0 saturated carbocycles. The Morgan fingerprint density at radius 2 is 2.35 bits per heavy atom. The van der Waals surface area contributed by atoms with Crippen LogP contribution in [0.15, 0.2) is 18.2 Å². The number of thiazole rings is 1. The monoisotopic (exact) mass is 377 g/mol. The van der Waals surface area contributed by atoms with E-state index in [9.17, 15) is 4.79 Å². The second-order valence-corrected chi connectivity index (χ2v) is 7.49. The van der Waals surface area contributed by atoms with Crippen molar-refractivity contribution in [2.45, 2.75) is 26.2 Å². The number of amides is 1. The van der Waals surface area contributed by atoms with Gasteiger partial charge >= 0.3 is 0 Å². The van der Waals surface area contributed by atoms with Gasteiger partial charge in [-0.2, -0.15) is 0 Å². The number of nitrogens with zero attached hydrogens (tertiary/aromatic N) is 2. The molecule has 1 aromatic carbocycles. The predicted molar refractivity (Wildman–Crippen MR) is 105 cm³/mol. The number of nitrogens with one attached hydrogen (secondary N) is 1. The highest BCUT2D eigenvalue weighted by Gasteiger charge is 2.27. The number of benzene rings is 1. The van der Waals surface area contributed by atoms with E-state index >= 15 is 0 Å². The first-order chi connectivity index (χ1) is 12.7. The van der Waals surface area contributed by atoms with Crippen LogP contribution in [0.3, 0.4) is 0 Å². The summed E-state index contributed by atoms with van der Waals surface area (Å²) in [5, 5.41) is 4.02. The molecular weight excluding hydrogens is 350 g/mol. The molecule has 6 nitrogen and oxygen atoms in total. The summed E-state index contributed by atoms with van der Waals surface area (Å²) in [5.41, 5.74) is 0.986. The van der Waals surface area contributed by atoms with Crippen LogP contribution in [-0.2, 0) is 9.53 Å². The summed E-state index contributed by atoms with van der Waals surface area (Å²) < 4.78 is 11.7. The molecule has 1 saturated heterocycles. The summed E-state index contributed by atoms with van der Waals surface area (Å²) in [4.78, 5) is 19.4. The molecule has 2 aromatic rings. The molecule has 142 valence electrons. The maximum Gasteiger partial charge on any atom is 0.224 e. The van der Waals surface area contributed by atoms with Crippen molar-refractivity contribution in [3.63, 3.8) is 0 Å². The molecule has 0 bridgehead atoms. The smallest absolute Gasteiger partial charge is 0.224 e. The Hall–Kier alpha value is -1.86. The van der Waals surface area contributed by atoms with E-state index in [-0.39, 0.29) is 11.8 Å². The quantitative estimate of drug-likeness (QED) is 0.717. The van der Waals surface area contributed by atoms with E-state index in [0.717, 1.165) is 53.4 Å². The average molecular weight is 378 g/mol. The van der Waals surface area contributed by atoms with Crippen molar-refractivity contribution in [3.05, 3.63) is 18.2 Å². The standard InChI is InChI=1S/C19H27N3O3S/c1-3-25-15-7-8-16-17(12-15)26-19(21-16)22-10-4-6-14(13-22)18(23)20-9-5-11-24-2/h7-8,12,14H,3-6,9-11,13H2,1-2H3,(H,20,23). The Labute approximate surface area is 158 Å². The minimum absolute atomic E-state index is 0.0253. The minimum Gasteiger partial charge on any atom is -0.494 e. The van der Waals surface area contributed by atoms with Crippen LogP contribution in [0.1, 0.15) is 26.2 Å². The lowest BCUT2D eigenvalue weighted by atomic mass is 9.97. The maximum absolute atomic E-state index is 12.4. The number of methoxy groups -OCH3 is 1. The highest BCUT2D eigenvalue weighted by molar-refractivity contribution is 7.22. The van der Waals surface area contributed by atoms with E-state index in [1.165, 1.54) is 0 Å². The van der Waals surface area contributed by atoms with Gasteiger partial charge in [0.2, 0.25) is 5.91 Å². The van der Waals surface area contributed by atoms with E-state index < -0.39 is 0 Å². The molecule has 26 heavy (non-hydrogen) atoms. The SMILES string of the molecule is CCOc1ccc2nc(N3CCCC(C(=O)NCCCOC)C3)sc2c1. The number of carbonyl (C=O) groups excluding carboxylic acids is 1. The van der Waals surface area contributed by atoms with Crippen LogP contribution in [0.25, 0.3) is 10.2 Å². The minimum atomic E-state index is 0.0253. The lowest BCUT2D eigenvalue weighted by Gasteiger charge is -2.31. The number of carbonyl (C=O) groups is 1. The van der Waals surface area contributed by atoms with Crippen molar-refractivity contribution in [2.75, 3.05) is 44.9 Å². The molecule has 1 aromatic heterocycles. The number of piperidine rings is 1. The fourth-order valence-electron chi connectivity index (χ4n) is 3.22. The van der Waals surface area contributed by atoms with Crippen molar-refractivity contribution in [3.8, 4) is 5.75 Å². The summed E-state index contributed by atoms with van der Waals surface area (Å²) in [6.45, 7) is 5.66. The summed E-state index contributed by atoms with van der Waals surface area (Å²) in [6.07, 6.45) is 2.79. The Bertz CT molecular complexity index is 734. The van der Waals surface area contributed by atoms with Crippen LogP contribution in [0.5, 0.6) is 5.75 Å². The van der Waals surface area contributed by atoms with Gasteiger partial charge in [0.15, 0.2) is 5.13 Å². The third-order valence-electron chi connectivity index (χ3n) is 4.55. The van der Waals surface area contributed by atoms with Gasteiger partial charge in [-0.1, -0.05) is 11.3 Å².